The first-order valence-electron chi connectivity index (χ1n) is 8.23. The molecule has 1 amide bonds. The Morgan fingerprint density at radius 3 is 2.88 bits per heavy atom. The second-order valence-electron chi connectivity index (χ2n) is 6.11. The molecule has 1 saturated heterocycles. The fourth-order valence-electron chi connectivity index (χ4n) is 3.34. The Balaban J connectivity index is 1.81. The average molecular weight is 334 g/mol. The van der Waals surface area contributed by atoms with Gasteiger partial charge in [0.25, 0.3) is 0 Å². The Morgan fingerprint density at radius 1 is 1.33 bits per heavy atom. The molecule has 0 aromatic heterocycles. The second kappa shape index (κ2) is 7.09. The number of fused-ring (bicyclic) bond motifs is 1. The fourth-order valence-corrected chi connectivity index (χ4v) is 3.34. The molecule has 0 bridgehead atoms. The number of carbonyl (C=O) groups is 2. The number of carboxylic acid groups (broad SMARTS) is 1. The minimum atomic E-state index is -0.839. The number of amides is 1. The van der Waals surface area contributed by atoms with Crippen molar-refractivity contribution in [1.82, 2.24) is 10.2 Å². The number of hydrogen-bond donors (Lipinski definition) is 2. The van der Waals surface area contributed by atoms with Gasteiger partial charge < -0.3 is 19.9 Å². The second-order valence-corrected chi connectivity index (χ2v) is 6.11. The largest absolute Gasteiger partial charge is 0.481 e. The molecule has 7 nitrogen and oxygen atoms in total. The van der Waals surface area contributed by atoms with Crippen LogP contribution in [0.5, 0.6) is 11.5 Å². The van der Waals surface area contributed by atoms with Gasteiger partial charge in [0.15, 0.2) is 11.5 Å². The fraction of sp³-hybridized carbons (Fsp3) is 0.529. The summed E-state index contributed by atoms with van der Waals surface area (Å²) >= 11 is 0. The van der Waals surface area contributed by atoms with Crippen molar-refractivity contribution in [2.45, 2.75) is 25.8 Å². The molecule has 7 heteroatoms. The van der Waals surface area contributed by atoms with Gasteiger partial charge in [0.1, 0.15) is 0 Å². The molecule has 2 atom stereocenters. The molecular weight excluding hydrogens is 312 g/mol. The first-order valence-corrected chi connectivity index (χ1v) is 8.23. The van der Waals surface area contributed by atoms with Crippen molar-refractivity contribution in [3.8, 4) is 11.5 Å². The van der Waals surface area contributed by atoms with Gasteiger partial charge in [-0.3, -0.25) is 14.5 Å². The van der Waals surface area contributed by atoms with Crippen LogP contribution in [0.3, 0.4) is 0 Å². The van der Waals surface area contributed by atoms with Crippen molar-refractivity contribution in [1.29, 1.82) is 0 Å². The highest BCUT2D eigenvalue weighted by atomic mass is 16.7. The third-order valence-electron chi connectivity index (χ3n) is 4.48. The van der Waals surface area contributed by atoms with Crippen molar-refractivity contribution >= 4 is 11.9 Å². The summed E-state index contributed by atoms with van der Waals surface area (Å²) in [6.45, 7) is 3.57. The third-order valence-corrected chi connectivity index (χ3v) is 4.48. The first-order chi connectivity index (χ1) is 11.6. The molecule has 0 spiro atoms. The molecule has 0 saturated carbocycles. The number of nitrogens with zero attached hydrogens (tertiary/aromatic N) is 1. The predicted octanol–water partition coefficient (Wildman–Crippen LogP) is 1.39. The van der Waals surface area contributed by atoms with Crippen molar-refractivity contribution < 1.29 is 24.2 Å². The Bertz CT molecular complexity index is 633. The number of aliphatic carboxylic acids is 1. The molecule has 2 unspecified atom stereocenters. The van der Waals surface area contributed by atoms with Crippen LogP contribution in [-0.2, 0) is 9.59 Å². The zero-order valence-electron chi connectivity index (χ0n) is 13.7. The van der Waals surface area contributed by atoms with Crippen LogP contribution in [0.2, 0.25) is 0 Å². The summed E-state index contributed by atoms with van der Waals surface area (Å²) in [4.78, 5) is 25.6. The number of ether oxygens (including phenoxy) is 2. The molecule has 3 rings (SSSR count). The smallest absolute Gasteiger partial charge is 0.308 e. The molecular formula is C17H22N2O5. The maximum absolute atomic E-state index is 12.1. The minimum Gasteiger partial charge on any atom is -0.481 e. The SMILES string of the molecule is CCCNC(=O)CN1CCC(C(=O)O)C1c1ccc2c(c1)OCO2. The summed E-state index contributed by atoms with van der Waals surface area (Å²) in [6.07, 6.45) is 1.39. The number of carbonyl (C=O) groups excluding carboxylic acids is 1. The van der Waals surface area contributed by atoms with E-state index in [0.29, 0.717) is 31.0 Å². The average Bonchev–Trinajstić information content (AvgIpc) is 3.18. The van der Waals surface area contributed by atoms with E-state index in [1.165, 1.54) is 0 Å². The summed E-state index contributed by atoms with van der Waals surface area (Å²) in [7, 11) is 0. The molecule has 0 radical (unpaired) electrons. The number of likely N-dealkylation sites (tertiary alicyclic amines) is 1. The molecule has 1 aromatic carbocycles. The monoisotopic (exact) mass is 334 g/mol. The lowest BCUT2D eigenvalue weighted by atomic mass is 9.93. The van der Waals surface area contributed by atoms with Gasteiger partial charge in [-0.25, -0.2) is 0 Å². The van der Waals surface area contributed by atoms with Gasteiger partial charge in [-0.2, -0.15) is 0 Å². The van der Waals surface area contributed by atoms with Crippen LogP contribution in [0.1, 0.15) is 31.4 Å². The van der Waals surface area contributed by atoms with Gasteiger partial charge in [0.05, 0.1) is 12.5 Å². The van der Waals surface area contributed by atoms with Crippen molar-refractivity contribution in [3.05, 3.63) is 23.8 Å². The van der Waals surface area contributed by atoms with Gasteiger partial charge in [0.2, 0.25) is 12.7 Å². The molecule has 130 valence electrons. The first kappa shape index (κ1) is 16.6. The Kier molecular flexibility index (Phi) is 4.89. The van der Waals surface area contributed by atoms with Gasteiger partial charge in [-0.15, -0.1) is 0 Å². The van der Waals surface area contributed by atoms with E-state index in [0.717, 1.165) is 12.0 Å². The van der Waals surface area contributed by atoms with Crippen molar-refractivity contribution in [3.63, 3.8) is 0 Å². The standard InChI is InChI=1S/C17H22N2O5/c1-2-6-18-15(20)9-19-7-5-12(17(21)22)16(19)11-3-4-13-14(8-11)24-10-23-13/h3-4,8,12,16H,2,5-7,9-10H2,1H3,(H,18,20)(H,21,22). The van der Waals surface area contributed by atoms with Crippen LogP contribution in [0.25, 0.3) is 0 Å². The minimum absolute atomic E-state index is 0.0753. The highest BCUT2D eigenvalue weighted by Gasteiger charge is 2.40. The van der Waals surface area contributed by atoms with E-state index in [4.69, 9.17) is 9.47 Å². The maximum Gasteiger partial charge on any atom is 0.308 e. The number of nitrogens with one attached hydrogen (secondary N) is 1. The van der Waals surface area contributed by atoms with Crippen LogP contribution in [0.15, 0.2) is 18.2 Å². The van der Waals surface area contributed by atoms with Crippen molar-refractivity contribution in [2.24, 2.45) is 5.92 Å². The van der Waals surface area contributed by atoms with E-state index in [-0.39, 0.29) is 25.3 Å². The highest BCUT2D eigenvalue weighted by molar-refractivity contribution is 5.78. The van der Waals surface area contributed by atoms with E-state index in [1.54, 1.807) is 6.07 Å². The van der Waals surface area contributed by atoms with Crippen LogP contribution < -0.4 is 14.8 Å². The summed E-state index contributed by atoms with van der Waals surface area (Å²) in [5.74, 6) is -0.165. The van der Waals surface area contributed by atoms with E-state index in [1.807, 2.05) is 24.0 Å². The quantitative estimate of drug-likeness (QED) is 0.817. The Labute approximate surface area is 140 Å². The van der Waals surface area contributed by atoms with Crippen molar-refractivity contribution in [2.75, 3.05) is 26.4 Å². The van der Waals surface area contributed by atoms with Crippen LogP contribution >= 0.6 is 0 Å². The van der Waals surface area contributed by atoms with E-state index >= 15 is 0 Å². The molecule has 2 heterocycles. The molecule has 1 fully saturated rings. The number of carboxylic acids is 1. The Hall–Kier alpha value is -2.28. The van der Waals surface area contributed by atoms with Gasteiger partial charge >= 0.3 is 5.97 Å². The van der Waals surface area contributed by atoms with Gasteiger partial charge in [-0.05, 0) is 30.5 Å². The van der Waals surface area contributed by atoms with E-state index in [2.05, 4.69) is 5.32 Å². The predicted molar refractivity (Wildman–Crippen MR) is 85.9 cm³/mol. The lowest BCUT2D eigenvalue weighted by molar-refractivity contribution is -0.143. The summed E-state index contributed by atoms with van der Waals surface area (Å²) in [5.41, 5.74) is 0.840. The topological polar surface area (TPSA) is 88.1 Å². The normalized spacial score (nSPS) is 22.5. The lowest BCUT2D eigenvalue weighted by Gasteiger charge is -2.26. The van der Waals surface area contributed by atoms with Crippen LogP contribution in [0.4, 0.5) is 0 Å². The molecule has 1 aromatic rings. The zero-order valence-corrected chi connectivity index (χ0v) is 13.7. The molecule has 2 aliphatic rings. The summed E-state index contributed by atoms with van der Waals surface area (Å²) < 4.78 is 10.7. The maximum atomic E-state index is 12.1. The van der Waals surface area contributed by atoms with E-state index < -0.39 is 11.9 Å². The molecule has 2 N–H and O–H groups in total. The number of benzene rings is 1. The molecule has 24 heavy (non-hydrogen) atoms. The molecule has 0 aliphatic carbocycles. The third kappa shape index (κ3) is 3.31. The number of rotatable bonds is 6. The van der Waals surface area contributed by atoms with Crippen LogP contribution in [0, 0.1) is 5.92 Å². The summed E-state index contributed by atoms with van der Waals surface area (Å²) in [5, 5.41) is 12.4. The number of hydrogen-bond acceptors (Lipinski definition) is 5. The van der Waals surface area contributed by atoms with E-state index in [9.17, 15) is 14.7 Å². The van der Waals surface area contributed by atoms with Gasteiger partial charge in [-0.1, -0.05) is 13.0 Å². The summed E-state index contributed by atoms with van der Waals surface area (Å²) in [6, 6.07) is 5.13. The van der Waals surface area contributed by atoms with Gasteiger partial charge in [0, 0.05) is 19.1 Å². The van der Waals surface area contributed by atoms with Crippen LogP contribution in [-0.4, -0.2) is 48.3 Å². The Morgan fingerprint density at radius 2 is 2.12 bits per heavy atom. The zero-order chi connectivity index (χ0) is 17.1. The lowest BCUT2D eigenvalue weighted by Crippen LogP contribution is -2.38. The highest BCUT2D eigenvalue weighted by Crippen LogP contribution is 2.41. The molecule has 2 aliphatic heterocycles.